The second kappa shape index (κ2) is 4.63. The molecule has 0 unspecified atom stereocenters. The quantitative estimate of drug-likeness (QED) is 0.747. The van der Waals surface area contributed by atoms with Crippen molar-refractivity contribution in [2.45, 2.75) is 57.4 Å². The van der Waals surface area contributed by atoms with E-state index >= 15 is 0 Å². The zero-order chi connectivity index (χ0) is 12.6. The summed E-state index contributed by atoms with van der Waals surface area (Å²) in [4.78, 5) is 0. The predicted octanol–water partition coefficient (Wildman–Crippen LogP) is 1.61. The van der Waals surface area contributed by atoms with E-state index in [1.165, 1.54) is 4.31 Å². The summed E-state index contributed by atoms with van der Waals surface area (Å²) in [7, 11) is -1.58. The van der Waals surface area contributed by atoms with Crippen LogP contribution in [0.5, 0.6) is 0 Å². The van der Waals surface area contributed by atoms with Crippen molar-refractivity contribution in [3.05, 3.63) is 0 Å². The number of sulfonamides is 1. The highest BCUT2D eigenvalue weighted by molar-refractivity contribution is 7.90. The summed E-state index contributed by atoms with van der Waals surface area (Å²) in [6, 6.07) is -0.0135. The van der Waals surface area contributed by atoms with Crippen LogP contribution in [-0.4, -0.2) is 43.3 Å². The minimum absolute atomic E-state index is 0.0135. The lowest BCUT2D eigenvalue weighted by Gasteiger charge is -2.36. The lowest BCUT2D eigenvalue weighted by molar-refractivity contribution is -0.00558. The van der Waals surface area contributed by atoms with Gasteiger partial charge < -0.3 is 4.74 Å². The molecular formula is C11H23NO3S. The van der Waals surface area contributed by atoms with Crippen LogP contribution in [0.4, 0.5) is 0 Å². The molecule has 0 spiro atoms. The van der Waals surface area contributed by atoms with E-state index in [0.29, 0.717) is 6.61 Å². The zero-order valence-electron chi connectivity index (χ0n) is 10.9. The van der Waals surface area contributed by atoms with Gasteiger partial charge in [-0.25, -0.2) is 8.42 Å². The molecule has 0 aliphatic carbocycles. The highest BCUT2D eigenvalue weighted by Crippen LogP contribution is 2.25. The molecule has 0 saturated carbocycles. The molecule has 0 aromatic rings. The van der Waals surface area contributed by atoms with Crippen LogP contribution in [0.15, 0.2) is 0 Å². The van der Waals surface area contributed by atoms with Gasteiger partial charge in [-0.2, -0.15) is 4.31 Å². The first-order chi connectivity index (χ1) is 7.16. The number of likely N-dealkylation sites (N-methyl/N-ethyl adjacent to an activating group) is 1. The van der Waals surface area contributed by atoms with Gasteiger partial charge in [-0.3, -0.25) is 0 Å². The average molecular weight is 249 g/mol. The molecule has 0 radical (unpaired) electrons. The molecule has 1 fully saturated rings. The van der Waals surface area contributed by atoms with Crippen LogP contribution in [0.2, 0.25) is 0 Å². The molecule has 4 nitrogen and oxygen atoms in total. The van der Waals surface area contributed by atoms with Crippen molar-refractivity contribution in [3.63, 3.8) is 0 Å². The van der Waals surface area contributed by atoms with Crippen molar-refractivity contribution in [1.29, 1.82) is 0 Å². The summed E-state index contributed by atoms with van der Waals surface area (Å²) in [5.74, 6) is 0. The van der Waals surface area contributed by atoms with E-state index in [1.54, 1.807) is 27.8 Å². The van der Waals surface area contributed by atoms with Crippen molar-refractivity contribution in [2.75, 3.05) is 13.7 Å². The molecule has 1 saturated heterocycles. The first-order valence-corrected chi connectivity index (χ1v) is 7.19. The summed E-state index contributed by atoms with van der Waals surface area (Å²) in [6.07, 6.45) is 2.06. The third kappa shape index (κ3) is 2.76. The third-order valence-corrected chi connectivity index (χ3v) is 5.75. The fourth-order valence-corrected chi connectivity index (χ4v) is 3.21. The Morgan fingerprint density at radius 3 is 2.19 bits per heavy atom. The predicted molar refractivity (Wildman–Crippen MR) is 64.9 cm³/mol. The summed E-state index contributed by atoms with van der Waals surface area (Å²) in [5, 5.41) is 0. The van der Waals surface area contributed by atoms with E-state index in [4.69, 9.17) is 4.74 Å². The average Bonchev–Trinajstić information content (AvgIpc) is 2.16. The molecule has 16 heavy (non-hydrogen) atoms. The topological polar surface area (TPSA) is 46.6 Å². The molecule has 0 N–H and O–H groups in total. The van der Waals surface area contributed by atoms with Gasteiger partial charge in [0, 0.05) is 13.1 Å². The van der Waals surface area contributed by atoms with Gasteiger partial charge in [-0.05, 0) is 40.5 Å². The maximum Gasteiger partial charge on any atom is 0.219 e. The fraction of sp³-hybridized carbons (Fsp3) is 1.00. The Labute approximate surface area is 99.0 Å². The maximum atomic E-state index is 12.2. The van der Waals surface area contributed by atoms with Crippen molar-refractivity contribution < 1.29 is 13.2 Å². The molecule has 96 valence electrons. The Hall–Kier alpha value is -0.130. The summed E-state index contributed by atoms with van der Waals surface area (Å²) in [5.41, 5.74) is 0. The van der Waals surface area contributed by atoms with E-state index in [9.17, 15) is 8.42 Å². The number of hydrogen-bond donors (Lipinski definition) is 0. The second-order valence-electron chi connectivity index (χ2n) is 5.51. The number of nitrogens with zero attached hydrogens (tertiary/aromatic N) is 1. The molecule has 0 bridgehead atoms. The molecule has 1 aliphatic rings. The van der Waals surface area contributed by atoms with Gasteiger partial charge in [0.05, 0.1) is 17.5 Å². The molecular weight excluding hydrogens is 226 g/mol. The van der Waals surface area contributed by atoms with Crippen molar-refractivity contribution >= 4 is 10.0 Å². The monoisotopic (exact) mass is 249 g/mol. The molecule has 0 aromatic carbocycles. The second-order valence-corrected chi connectivity index (χ2v) is 8.26. The van der Waals surface area contributed by atoms with Crippen LogP contribution in [0.1, 0.15) is 40.5 Å². The Bertz CT molecular complexity index is 324. The van der Waals surface area contributed by atoms with Crippen molar-refractivity contribution in [1.82, 2.24) is 4.31 Å². The van der Waals surface area contributed by atoms with Gasteiger partial charge in [-0.15, -0.1) is 0 Å². The van der Waals surface area contributed by atoms with Crippen LogP contribution in [0.25, 0.3) is 0 Å². The number of ether oxygens (including phenoxy) is 1. The molecule has 0 amide bonds. The summed E-state index contributed by atoms with van der Waals surface area (Å²) >= 11 is 0. The van der Waals surface area contributed by atoms with Gasteiger partial charge in [-0.1, -0.05) is 0 Å². The first kappa shape index (κ1) is 13.9. The summed E-state index contributed by atoms with van der Waals surface area (Å²) in [6.45, 7) is 7.71. The fourth-order valence-electron chi connectivity index (χ4n) is 1.78. The van der Waals surface area contributed by atoms with Crippen LogP contribution >= 0.6 is 0 Å². The number of hydrogen-bond acceptors (Lipinski definition) is 3. The Morgan fingerprint density at radius 1 is 1.25 bits per heavy atom. The molecule has 1 aliphatic heterocycles. The van der Waals surface area contributed by atoms with Gasteiger partial charge in [0.25, 0.3) is 0 Å². The normalized spacial score (nSPS) is 28.4. The van der Waals surface area contributed by atoms with Crippen molar-refractivity contribution in [2.24, 2.45) is 0 Å². The van der Waals surface area contributed by atoms with Crippen LogP contribution in [0.3, 0.4) is 0 Å². The van der Waals surface area contributed by atoms with Crippen LogP contribution < -0.4 is 0 Å². The standard InChI is InChI=1S/C11H23NO3S/c1-9-6-7-10(8-15-9)12(5)16(13,14)11(2,3)4/h9-10H,6-8H2,1-5H3/t9-,10+/m1/s1. The minimum Gasteiger partial charge on any atom is -0.377 e. The SMILES string of the molecule is C[C@@H]1CC[C@H](N(C)S(=O)(=O)C(C)(C)C)CO1. The Balaban J connectivity index is 2.75. The third-order valence-electron chi connectivity index (χ3n) is 3.15. The Kier molecular flexibility index (Phi) is 4.03. The molecule has 2 atom stereocenters. The van der Waals surface area contributed by atoms with Crippen LogP contribution in [-0.2, 0) is 14.8 Å². The molecule has 1 heterocycles. The van der Waals surface area contributed by atoms with Gasteiger partial charge in [0.2, 0.25) is 10.0 Å². The van der Waals surface area contributed by atoms with E-state index in [0.717, 1.165) is 12.8 Å². The minimum atomic E-state index is -3.24. The van der Waals surface area contributed by atoms with E-state index in [-0.39, 0.29) is 12.1 Å². The molecule has 1 rings (SSSR count). The lowest BCUT2D eigenvalue weighted by Crippen LogP contribution is -2.49. The van der Waals surface area contributed by atoms with Crippen LogP contribution in [0, 0.1) is 0 Å². The highest BCUT2D eigenvalue weighted by atomic mass is 32.2. The van der Waals surface area contributed by atoms with Gasteiger partial charge >= 0.3 is 0 Å². The largest absolute Gasteiger partial charge is 0.377 e. The Morgan fingerprint density at radius 2 is 1.81 bits per heavy atom. The van der Waals surface area contributed by atoms with Crippen molar-refractivity contribution in [3.8, 4) is 0 Å². The highest BCUT2D eigenvalue weighted by Gasteiger charge is 2.37. The lowest BCUT2D eigenvalue weighted by atomic mass is 10.1. The maximum absolute atomic E-state index is 12.2. The van der Waals surface area contributed by atoms with E-state index in [1.807, 2.05) is 6.92 Å². The van der Waals surface area contributed by atoms with Gasteiger partial charge in [0.1, 0.15) is 0 Å². The van der Waals surface area contributed by atoms with E-state index in [2.05, 4.69) is 0 Å². The smallest absolute Gasteiger partial charge is 0.219 e. The first-order valence-electron chi connectivity index (χ1n) is 5.75. The molecule has 5 heteroatoms. The zero-order valence-corrected chi connectivity index (χ0v) is 11.7. The van der Waals surface area contributed by atoms with Gasteiger partial charge in [0.15, 0.2) is 0 Å². The van der Waals surface area contributed by atoms with E-state index < -0.39 is 14.8 Å². The summed E-state index contributed by atoms with van der Waals surface area (Å²) < 4.78 is 30.7. The molecule has 0 aromatic heterocycles. The number of rotatable bonds is 2.